The van der Waals surface area contributed by atoms with Gasteiger partial charge in [-0.15, -0.1) is 0 Å². The van der Waals surface area contributed by atoms with E-state index < -0.39 is 26.9 Å². The molecule has 19 heavy (non-hydrogen) atoms. The molecule has 1 fully saturated rings. The van der Waals surface area contributed by atoms with Crippen LogP contribution < -0.4 is 4.87 Å². The first-order valence-corrected chi connectivity index (χ1v) is 7.93. The number of methoxy groups -OCH3 is 1. The number of hydrogen-bond donors (Lipinski definition) is 1. The van der Waals surface area contributed by atoms with Crippen molar-refractivity contribution < 1.29 is 17.9 Å². The number of nitrogens with zero attached hydrogens (tertiary/aromatic N) is 1. The topological polar surface area (TPSA) is 96.5 Å². The van der Waals surface area contributed by atoms with Crippen molar-refractivity contribution >= 4 is 27.3 Å². The van der Waals surface area contributed by atoms with Crippen molar-refractivity contribution in [1.29, 1.82) is 0 Å². The van der Waals surface area contributed by atoms with E-state index in [1.807, 2.05) is 0 Å². The number of thiazole rings is 1. The zero-order valence-electron chi connectivity index (χ0n) is 10.5. The molecule has 1 unspecified atom stereocenters. The van der Waals surface area contributed by atoms with E-state index in [1.165, 1.54) is 14.0 Å². The summed E-state index contributed by atoms with van der Waals surface area (Å²) >= 11 is 0.637. The Morgan fingerprint density at radius 2 is 2.21 bits per heavy atom. The molecular formula is C10H14N2O5S2. The molecular weight excluding hydrogens is 292 g/mol. The summed E-state index contributed by atoms with van der Waals surface area (Å²) in [4.78, 5) is 24.8. The quantitative estimate of drug-likeness (QED) is 0.797. The summed E-state index contributed by atoms with van der Waals surface area (Å²) in [7, 11) is -2.61. The second-order valence-electron chi connectivity index (χ2n) is 4.22. The molecule has 0 bridgehead atoms. The second kappa shape index (κ2) is 5.06. The van der Waals surface area contributed by atoms with Crippen molar-refractivity contribution in [2.45, 2.75) is 30.0 Å². The van der Waals surface area contributed by atoms with E-state index in [-0.39, 0.29) is 10.8 Å². The summed E-state index contributed by atoms with van der Waals surface area (Å²) in [6.07, 6.45) is 1.03. The maximum absolute atomic E-state index is 12.5. The van der Waals surface area contributed by atoms with Crippen LogP contribution >= 0.6 is 11.3 Å². The molecule has 2 rings (SSSR count). The van der Waals surface area contributed by atoms with E-state index in [1.54, 1.807) is 0 Å². The van der Waals surface area contributed by atoms with E-state index in [9.17, 15) is 18.0 Å². The number of H-pyrrole nitrogens is 1. The highest BCUT2D eigenvalue weighted by atomic mass is 32.2. The molecule has 0 radical (unpaired) electrons. The summed E-state index contributed by atoms with van der Waals surface area (Å²) in [5.74, 6) is -0.568. The second-order valence-corrected chi connectivity index (χ2v) is 7.29. The van der Waals surface area contributed by atoms with Gasteiger partial charge in [0.1, 0.15) is 6.04 Å². The molecule has 0 saturated carbocycles. The van der Waals surface area contributed by atoms with Crippen LogP contribution in [-0.4, -0.2) is 43.4 Å². The summed E-state index contributed by atoms with van der Waals surface area (Å²) < 4.78 is 30.6. The number of rotatable bonds is 3. The molecule has 1 N–H and O–H groups in total. The number of carbonyl (C=O) groups excluding carboxylic acids is 1. The number of aromatic nitrogens is 1. The first-order chi connectivity index (χ1) is 8.87. The van der Waals surface area contributed by atoms with Crippen LogP contribution in [0, 0.1) is 6.92 Å². The molecule has 1 saturated heterocycles. The average Bonchev–Trinajstić information content (AvgIpc) is 2.95. The molecule has 0 aromatic carbocycles. The molecule has 106 valence electrons. The maximum atomic E-state index is 12.5. The van der Waals surface area contributed by atoms with Crippen LogP contribution in [0.25, 0.3) is 0 Å². The Morgan fingerprint density at radius 1 is 1.53 bits per heavy atom. The van der Waals surface area contributed by atoms with Gasteiger partial charge >= 0.3 is 10.8 Å². The van der Waals surface area contributed by atoms with Gasteiger partial charge in [-0.25, -0.2) is 8.42 Å². The van der Waals surface area contributed by atoms with Crippen molar-refractivity contribution in [2.24, 2.45) is 0 Å². The molecule has 0 aliphatic carbocycles. The van der Waals surface area contributed by atoms with E-state index in [2.05, 4.69) is 9.72 Å². The lowest BCUT2D eigenvalue weighted by Crippen LogP contribution is -2.40. The zero-order valence-corrected chi connectivity index (χ0v) is 12.1. The van der Waals surface area contributed by atoms with Crippen LogP contribution in [0.4, 0.5) is 0 Å². The van der Waals surface area contributed by atoms with Gasteiger partial charge < -0.3 is 9.72 Å². The van der Waals surface area contributed by atoms with Gasteiger partial charge in [-0.05, 0) is 19.8 Å². The Bertz CT molecular complexity index is 645. The number of esters is 1. The largest absolute Gasteiger partial charge is 0.468 e. The van der Waals surface area contributed by atoms with Gasteiger partial charge in [0.2, 0.25) is 0 Å². The van der Waals surface area contributed by atoms with E-state index in [0.29, 0.717) is 29.9 Å². The normalized spacial score (nSPS) is 20.6. The maximum Gasteiger partial charge on any atom is 0.324 e. The molecule has 9 heteroatoms. The summed E-state index contributed by atoms with van der Waals surface area (Å²) in [5, 5.41) is 0. The molecule has 1 aliphatic rings. The van der Waals surface area contributed by atoms with Crippen LogP contribution in [-0.2, 0) is 19.6 Å². The van der Waals surface area contributed by atoms with Gasteiger partial charge in [-0.2, -0.15) is 4.31 Å². The van der Waals surface area contributed by atoms with Crippen LogP contribution in [0.1, 0.15) is 18.5 Å². The highest BCUT2D eigenvalue weighted by Gasteiger charge is 2.41. The number of aryl methyl sites for hydroxylation is 1. The van der Waals surface area contributed by atoms with E-state index in [0.717, 1.165) is 4.31 Å². The van der Waals surface area contributed by atoms with Gasteiger partial charge in [0.15, 0.2) is 4.21 Å². The third-order valence-electron chi connectivity index (χ3n) is 3.00. The van der Waals surface area contributed by atoms with Gasteiger partial charge in [-0.3, -0.25) is 9.59 Å². The zero-order chi connectivity index (χ0) is 14.2. The Hall–Kier alpha value is -1.19. The number of hydrogen-bond acceptors (Lipinski definition) is 6. The molecule has 1 aliphatic heterocycles. The number of aromatic amines is 1. The van der Waals surface area contributed by atoms with E-state index >= 15 is 0 Å². The SMILES string of the molecule is COC(=O)C1CCCN1S(=O)(=O)c1sc(=O)[nH]c1C. The van der Waals surface area contributed by atoms with Crippen LogP contribution in [0.5, 0.6) is 0 Å². The van der Waals surface area contributed by atoms with Gasteiger partial charge in [-0.1, -0.05) is 11.3 Å². The lowest BCUT2D eigenvalue weighted by molar-refractivity contribution is -0.144. The Morgan fingerprint density at radius 3 is 2.74 bits per heavy atom. The van der Waals surface area contributed by atoms with Crippen molar-refractivity contribution in [3.63, 3.8) is 0 Å². The minimum Gasteiger partial charge on any atom is -0.468 e. The van der Waals surface area contributed by atoms with Gasteiger partial charge in [0.25, 0.3) is 10.0 Å². The van der Waals surface area contributed by atoms with Gasteiger partial charge in [0, 0.05) is 12.2 Å². The molecule has 1 atom stereocenters. The minimum atomic E-state index is -3.83. The fraction of sp³-hybridized carbons (Fsp3) is 0.600. The summed E-state index contributed by atoms with van der Waals surface area (Å²) in [5.41, 5.74) is 0.297. The standard InChI is InChI=1S/C10H14N2O5S2/c1-6-9(18-10(14)11-6)19(15,16)12-5-3-4-7(12)8(13)17-2/h7H,3-5H2,1-2H3,(H,11,14). The van der Waals surface area contributed by atoms with Crippen molar-refractivity contribution in [2.75, 3.05) is 13.7 Å². The average molecular weight is 306 g/mol. The van der Waals surface area contributed by atoms with Crippen molar-refractivity contribution in [3.05, 3.63) is 15.4 Å². The Balaban J connectivity index is 2.42. The number of nitrogens with one attached hydrogen (secondary N) is 1. The predicted molar refractivity (Wildman–Crippen MR) is 68.6 cm³/mol. The highest BCUT2D eigenvalue weighted by molar-refractivity contribution is 7.91. The number of ether oxygens (including phenoxy) is 1. The minimum absolute atomic E-state index is 0.0340. The van der Waals surface area contributed by atoms with Crippen LogP contribution in [0.2, 0.25) is 0 Å². The Kier molecular flexibility index (Phi) is 3.79. The molecule has 0 spiro atoms. The summed E-state index contributed by atoms with van der Waals surface area (Å²) in [6.45, 7) is 1.78. The fourth-order valence-electron chi connectivity index (χ4n) is 2.14. The van der Waals surface area contributed by atoms with Crippen LogP contribution in [0.15, 0.2) is 9.00 Å². The fourth-order valence-corrected chi connectivity index (χ4v) is 5.20. The lowest BCUT2D eigenvalue weighted by Gasteiger charge is -2.21. The molecule has 2 heterocycles. The van der Waals surface area contributed by atoms with Crippen molar-refractivity contribution in [3.8, 4) is 0 Å². The Labute approximate surface area is 114 Å². The lowest BCUT2D eigenvalue weighted by atomic mass is 10.2. The molecule has 1 aromatic heterocycles. The van der Waals surface area contributed by atoms with Crippen LogP contribution in [0.3, 0.4) is 0 Å². The highest BCUT2D eigenvalue weighted by Crippen LogP contribution is 2.29. The van der Waals surface area contributed by atoms with Gasteiger partial charge in [0.05, 0.1) is 7.11 Å². The number of carbonyl (C=O) groups is 1. The third-order valence-corrected chi connectivity index (χ3v) is 6.49. The smallest absolute Gasteiger partial charge is 0.324 e. The first kappa shape index (κ1) is 14.2. The molecule has 1 aromatic rings. The molecule has 0 amide bonds. The summed E-state index contributed by atoms with van der Waals surface area (Å²) in [6, 6.07) is -0.799. The molecule has 7 nitrogen and oxygen atoms in total. The predicted octanol–water partition coefficient (Wildman–Crippen LogP) is 0.0709. The van der Waals surface area contributed by atoms with Crippen molar-refractivity contribution in [1.82, 2.24) is 9.29 Å². The third kappa shape index (κ3) is 2.45. The van der Waals surface area contributed by atoms with E-state index in [4.69, 9.17) is 0 Å². The first-order valence-electron chi connectivity index (χ1n) is 5.67. The number of sulfonamides is 1. The monoisotopic (exact) mass is 306 g/mol.